The maximum Gasteiger partial charge on any atom is 0.283 e. The number of halogens is 3. The number of carbonyl (C=O) groups excluding carboxylic acids is 1. The number of morpholine rings is 1. The van der Waals surface area contributed by atoms with Gasteiger partial charge in [0.2, 0.25) is 0 Å². The molecule has 4 rings (SSSR count). The monoisotopic (exact) mass is 479 g/mol. The van der Waals surface area contributed by atoms with Crippen molar-refractivity contribution in [3.63, 3.8) is 0 Å². The van der Waals surface area contributed by atoms with Crippen LogP contribution in [0.3, 0.4) is 0 Å². The van der Waals surface area contributed by atoms with Crippen molar-refractivity contribution in [2.45, 2.75) is 0 Å². The van der Waals surface area contributed by atoms with Gasteiger partial charge in [0.1, 0.15) is 11.5 Å². The molecule has 1 amide bonds. The zero-order valence-electron chi connectivity index (χ0n) is 16.6. The van der Waals surface area contributed by atoms with Crippen LogP contribution in [0.25, 0.3) is 6.08 Å². The summed E-state index contributed by atoms with van der Waals surface area (Å²) in [5, 5.41) is 1.27. The van der Waals surface area contributed by atoms with Crippen LogP contribution >= 0.6 is 35.0 Å². The van der Waals surface area contributed by atoms with Gasteiger partial charge in [-0.05, 0) is 35.9 Å². The zero-order valence-corrected chi connectivity index (χ0v) is 18.9. The minimum atomic E-state index is -0.479. The highest BCUT2D eigenvalue weighted by atomic mass is 35.5. The summed E-state index contributed by atoms with van der Waals surface area (Å²) < 4.78 is 19.9. The second-order valence-corrected chi connectivity index (χ2v) is 8.87. The first-order valence-electron chi connectivity index (χ1n) is 9.80. The fraction of sp³-hybridized carbons (Fsp3) is 0.273. The van der Waals surface area contributed by atoms with Crippen molar-refractivity contribution < 1.29 is 13.9 Å². The molecule has 2 heterocycles. The highest BCUT2D eigenvalue weighted by molar-refractivity contribution is 8.14. The Hall–Kier alpha value is -1.90. The smallest absolute Gasteiger partial charge is 0.283 e. The first-order valence-corrected chi connectivity index (χ1v) is 11.5. The molecule has 2 aromatic rings. The van der Waals surface area contributed by atoms with Crippen molar-refractivity contribution in [1.82, 2.24) is 4.90 Å². The number of anilines is 1. The van der Waals surface area contributed by atoms with Gasteiger partial charge in [-0.3, -0.25) is 14.6 Å². The topological polar surface area (TPSA) is 45.1 Å². The van der Waals surface area contributed by atoms with Gasteiger partial charge < -0.3 is 4.74 Å². The van der Waals surface area contributed by atoms with E-state index in [1.165, 1.54) is 22.7 Å². The molecule has 0 aromatic heterocycles. The molecule has 31 heavy (non-hydrogen) atoms. The van der Waals surface area contributed by atoms with E-state index in [1.807, 2.05) is 0 Å². The molecular formula is C22H20Cl2FN3O2S. The maximum atomic E-state index is 14.5. The van der Waals surface area contributed by atoms with Crippen LogP contribution in [0, 0.1) is 5.82 Å². The van der Waals surface area contributed by atoms with Crippen molar-refractivity contribution >= 4 is 57.8 Å². The summed E-state index contributed by atoms with van der Waals surface area (Å²) in [6, 6.07) is 11.3. The first-order chi connectivity index (χ1) is 15.0. The van der Waals surface area contributed by atoms with Crippen molar-refractivity contribution in [2.75, 3.05) is 43.5 Å². The average molecular weight is 480 g/mol. The Morgan fingerprint density at radius 1 is 1.13 bits per heavy atom. The van der Waals surface area contributed by atoms with Gasteiger partial charge in [-0.25, -0.2) is 9.38 Å². The number of amidine groups is 1. The van der Waals surface area contributed by atoms with Crippen LogP contribution in [0.1, 0.15) is 5.56 Å². The maximum absolute atomic E-state index is 14.5. The van der Waals surface area contributed by atoms with Crippen molar-refractivity contribution in [1.29, 1.82) is 0 Å². The van der Waals surface area contributed by atoms with E-state index in [-0.39, 0.29) is 17.3 Å². The van der Waals surface area contributed by atoms with E-state index >= 15 is 0 Å². The van der Waals surface area contributed by atoms with Gasteiger partial charge in [0.15, 0.2) is 5.17 Å². The number of nitrogens with zero attached hydrogens (tertiary/aromatic N) is 3. The highest BCUT2D eigenvalue weighted by Gasteiger charge is 2.33. The molecule has 0 saturated carbocycles. The van der Waals surface area contributed by atoms with Crippen molar-refractivity contribution in [2.24, 2.45) is 4.99 Å². The molecule has 0 radical (unpaired) electrons. The number of ether oxygens (including phenoxy) is 1. The summed E-state index contributed by atoms with van der Waals surface area (Å²) >= 11 is 13.5. The summed E-state index contributed by atoms with van der Waals surface area (Å²) in [7, 11) is 0. The Morgan fingerprint density at radius 2 is 1.90 bits per heavy atom. The van der Waals surface area contributed by atoms with Crippen LogP contribution in [-0.2, 0) is 9.53 Å². The molecule has 2 aromatic carbocycles. The number of benzene rings is 2. The van der Waals surface area contributed by atoms with Gasteiger partial charge in [-0.2, -0.15) is 0 Å². The van der Waals surface area contributed by atoms with E-state index in [1.54, 1.807) is 42.5 Å². The number of para-hydroxylation sites is 1. The summed E-state index contributed by atoms with van der Waals surface area (Å²) in [5.74, 6) is -0.143. The molecule has 2 aliphatic heterocycles. The SMILES string of the molecule is O=C1/C(=C/c2ccc(Cl)c(Cl)c2)N=C(SCCN2CCOCC2)N1c1ccccc1F. The number of hydrogen-bond acceptors (Lipinski definition) is 5. The second-order valence-electron chi connectivity index (χ2n) is 6.99. The minimum absolute atomic E-state index is 0.183. The number of carbonyl (C=O) groups is 1. The molecule has 0 bridgehead atoms. The molecule has 5 nitrogen and oxygen atoms in total. The van der Waals surface area contributed by atoms with Crippen LogP contribution in [0.2, 0.25) is 10.0 Å². The van der Waals surface area contributed by atoms with Gasteiger partial charge >= 0.3 is 0 Å². The fourth-order valence-corrected chi connectivity index (χ4v) is 4.60. The molecule has 0 atom stereocenters. The summed E-state index contributed by atoms with van der Waals surface area (Å²) in [6.07, 6.45) is 1.63. The lowest BCUT2D eigenvalue weighted by atomic mass is 10.2. The van der Waals surface area contributed by atoms with E-state index in [0.29, 0.717) is 20.8 Å². The molecule has 1 saturated heterocycles. The number of thioether (sulfide) groups is 1. The third-order valence-electron chi connectivity index (χ3n) is 4.91. The van der Waals surface area contributed by atoms with Gasteiger partial charge in [0.25, 0.3) is 5.91 Å². The predicted octanol–water partition coefficient (Wildman–Crippen LogP) is 4.94. The largest absolute Gasteiger partial charge is 0.379 e. The van der Waals surface area contributed by atoms with E-state index in [2.05, 4.69) is 9.89 Å². The van der Waals surface area contributed by atoms with Crippen LogP contribution in [-0.4, -0.2) is 54.6 Å². The van der Waals surface area contributed by atoms with Crippen LogP contribution < -0.4 is 4.90 Å². The van der Waals surface area contributed by atoms with Gasteiger partial charge in [0, 0.05) is 25.4 Å². The summed E-state index contributed by atoms with van der Waals surface area (Å²) in [5.41, 5.74) is 1.09. The summed E-state index contributed by atoms with van der Waals surface area (Å²) in [6.45, 7) is 4.04. The van der Waals surface area contributed by atoms with E-state index < -0.39 is 5.82 Å². The van der Waals surface area contributed by atoms with E-state index in [0.717, 1.165) is 38.6 Å². The standard InChI is InChI=1S/C22H20Cl2FN3O2S/c23-16-6-5-15(13-17(16)24)14-19-21(29)28(20-4-2-1-3-18(20)25)22(26-19)31-12-9-27-7-10-30-11-8-27/h1-6,13-14H,7-12H2/b19-14-. The second kappa shape index (κ2) is 10.1. The zero-order chi connectivity index (χ0) is 21.8. The molecular weight excluding hydrogens is 460 g/mol. The molecule has 0 aliphatic carbocycles. The number of hydrogen-bond donors (Lipinski definition) is 0. The molecule has 0 spiro atoms. The Bertz CT molecular complexity index is 1040. The normalized spacial score (nSPS) is 18.7. The van der Waals surface area contributed by atoms with Gasteiger partial charge in [-0.15, -0.1) is 0 Å². The van der Waals surface area contributed by atoms with Gasteiger partial charge in [-0.1, -0.05) is 53.2 Å². The number of aliphatic imine (C=N–C) groups is 1. The summed E-state index contributed by atoms with van der Waals surface area (Å²) in [4.78, 5) is 21.3. The van der Waals surface area contributed by atoms with Crippen molar-refractivity contribution in [3.05, 3.63) is 69.6 Å². The number of rotatable bonds is 5. The Kier molecular flexibility index (Phi) is 7.30. The quantitative estimate of drug-likeness (QED) is 0.569. The average Bonchev–Trinajstić information content (AvgIpc) is 3.07. The highest BCUT2D eigenvalue weighted by Crippen LogP contribution is 2.32. The Morgan fingerprint density at radius 3 is 2.65 bits per heavy atom. The lowest BCUT2D eigenvalue weighted by molar-refractivity contribution is -0.113. The van der Waals surface area contributed by atoms with Crippen LogP contribution in [0.15, 0.2) is 53.2 Å². The third kappa shape index (κ3) is 5.30. The predicted molar refractivity (Wildman–Crippen MR) is 125 cm³/mol. The molecule has 0 N–H and O–H groups in total. The van der Waals surface area contributed by atoms with E-state index in [4.69, 9.17) is 27.9 Å². The molecule has 2 aliphatic rings. The first kappa shape index (κ1) is 22.3. The van der Waals surface area contributed by atoms with Crippen molar-refractivity contribution in [3.8, 4) is 0 Å². The Balaban J connectivity index is 1.59. The lowest BCUT2D eigenvalue weighted by Gasteiger charge is -2.26. The van der Waals surface area contributed by atoms with E-state index in [9.17, 15) is 9.18 Å². The lowest BCUT2D eigenvalue weighted by Crippen LogP contribution is -2.38. The Labute approximate surface area is 194 Å². The minimum Gasteiger partial charge on any atom is -0.379 e. The molecule has 1 fully saturated rings. The number of amides is 1. The molecule has 9 heteroatoms. The van der Waals surface area contributed by atoms with Crippen LogP contribution in [0.4, 0.5) is 10.1 Å². The fourth-order valence-electron chi connectivity index (χ4n) is 3.29. The van der Waals surface area contributed by atoms with Crippen LogP contribution in [0.5, 0.6) is 0 Å². The van der Waals surface area contributed by atoms with Gasteiger partial charge in [0.05, 0.1) is 28.9 Å². The third-order valence-corrected chi connectivity index (χ3v) is 6.57. The molecule has 0 unspecified atom stereocenters. The molecule has 162 valence electrons.